The minimum absolute atomic E-state index is 0.0660. The summed E-state index contributed by atoms with van der Waals surface area (Å²) in [4.78, 5) is 12.1. The molecule has 0 spiro atoms. The van der Waals surface area contributed by atoms with Crippen LogP contribution in [-0.2, 0) is 10.5 Å². The molecule has 1 fully saturated rings. The molecule has 23 heavy (non-hydrogen) atoms. The van der Waals surface area contributed by atoms with E-state index in [0.29, 0.717) is 29.1 Å². The number of carbonyl (C=O) groups excluding carboxylic acids is 1. The van der Waals surface area contributed by atoms with Gasteiger partial charge in [0.05, 0.1) is 12.9 Å². The van der Waals surface area contributed by atoms with Crippen LogP contribution >= 0.6 is 11.8 Å². The maximum atomic E-state index is 13.3. The number of methoxy groups -OCH3 is 1. The van der Waals surface area contributed by atoms with Crippen LogP contribution in [0.1, 0.15) is 38.7 Å². The Hall–Kier alpha value is -1.23. The maximum absolute atomic E-state index is 13.3. The van der Waals surface area contributed by atoms with Crippen LogP contribution in [0, 0.1) is 17.7 Å². The van der Waals surface area contributed by atoms with Crippen LogP contribution in [0.2, 0.25) is 0 Å². The van der Waals surface area contributed by atoms with E-state index in [1.54, 1.807) is 13.2 Å². The molecule has 0 bridgehead atoms. The molecule has 1 aromatic carbocycles. The van der Waals surface area contributed by atoms with E-state index in [2.05, 4.69) is 19.2 Å². The van der Waals surface area contributed by atoms with Crippen LogP contribution < -0.4 is 10.1 Å². The molecular weight excluding hydrogens is 313 g/mol. The Morgan fingerprint density at radius 1 is 1.39 bits per heavy atom. The van der Waals surface area contributed by atoms with E-state index in [9.17, 15) is 9.18 Å². The number of amides is 1. The lowest BCUT2D eigenvalue weighted by Gasteiger charge is -2.34. The number of rotatable bonds is 6. The highest BCUT2D eigenvalue weighted by Gasteiger charge is 2.27. The van der Waals surface area contributed by atoms with Crippen LogP contribution in [0.4, 0.5) is 4.39 Å². The first-order chi connectivity index (χ1) is 11.0. The van der Waals surface area contributed by atoms with Gasteiger partial charge in [0.25, 0.3) is 0 Å². The van der Waals surface area contributed by atoms with E-state index < -0.39 is 0 Å². The third-order valence-corrected chi connectivity index (χ3v) is 5.77. The average molecular weight is 339 g/mol. The Bertz CT molecular complexity index is 538. The lowest BCUT2D eigenvalue weighted by molar-refractivity contribution is -0.119. The van der Waals surface area contributed by atoms with Gasteiger partial charge in [0.2, 0.25) is 5.91 Å². The second-order valence-corrected chi connectivity index (χ2v) is 7.38. The summed E-state index contributed by atoms with van der Waals surface area (Å²) in [5.41, 5.74) is 0.782. The topological polar surface area (TPSA) is 38.3 Å². The first-order valence-electron chi connectivity index (χ1n) is 8.20. The van der Waals surface area contributed by atoms with E-state index >= 15 is 0 Å². The Morgan fingerprint density at radius 2 is 2.17 bits per heavy atom. The SMILES string of the molecule is COc1ccc(F)cc1CSCC(=O)N[C@@H]1CCC[C@@H](C)[C@H]1C. The highest BCUT2D eigenvalue weighted by atomic mass is 32.2. The fourth-order valence-electron chi connectivity index (χ4n) is 3.15. The number of thioether (sulfide) groups is 1. The van der Waals surface area contributed by atoms with Gasteiger partial charge < -0.3 is 10.1 Å². The third-order valence-electron chi connectivity index (χ3n) is 4.79. The van der Waals surface area contributed by atoms with Crippen molar-refractivity contribution in [1.29, 1.82) is 0 Å². The minimum Gasteiger partial charge on any atom is -0.496 e. The van der Waals surface area contributed by atoms with Crippen molar-refractivity contribution in [3.05, 3.63) is 29.6 Å². The van der Waals surface area contributed by atoms with Crippen molar-refractivity contribution in [2.75, 3.05) is 12.9 Å². The van der Waals surface area contributed by atoms with Gasteiger partial charge in [-0.2, -0.15) is 0 Å². The van der Waals surface area contributed by atoms with Crippen molar-refractivity contribution in [3.63, 3.8) is 0 Å². The van der Waals surface area contributed by atoms with Gasteiger partial charge in [-0.25, -0.2) is 4.39 Å². The molecule has 1 saturated carbocycles. The van der Waals surface area contributed by atoms with E-state index in [4.69, 9.17) is 4.74 Å². The van der Waals surface area contributed by atoms with Crippen molar-refractivity contribution < 1.29 is 13.9 Å². The van der Waals surface area contributed by atoms with Crippen molar-refractivity contribution in [2.45, 2.75) is 44.9 Å². The number of nitrogens with one attached hydrogen (secondary N) is 1. The molecule has 1 aliphatic rings. The van der Waals surface area contributed by atoms with Gasteiger partial charge in [0.15, 0.2) is 0 Å². The molecule has 0 aliphatic heterocycles. The number of ether oxygens (including phenoxy) is 1. The Labute approximate surface area is 142 Å². The van der Waals surface area contributed by atoms with Crippen molar-refractivity contribution in [1.82, 2.24) is 5.32 Å². The van der Waals surface area contributed by atoms with Crippen LogP contribution in [0.25, 0.3) is 0 Å². The molecule has 0 saturated heterocycles. The van der Waals surface area contributed by atoms with Gasteiger partial charge in [0, 0.05) is 17.4 Å². The molecule has 128 valence electrons. The molecule has 1 amide bonds. The minimum atomic E-state index is -0.282. The molecule has 0 unspecified atom stereocenters. The van der Waals surface area contributed by atoms with Crippen molar-refractivity contribution >= 4 is 17.7 Å². The molecule has 5 heteroatoms. The summed E-state index contributed by atoms with van der Waals surface area (Å²) in [6, 6.07) is 4.76. The highest BCUT2D eigenvalue weighted by molar-refractivity contribution is 7.99. The summed E-state index contributed by atoms with van der Waals surface area (Å²) in [7, 11) is 1.57. The van der Waals surface area contributed by atoms with Crippen LogP contribution in [0.3, 0.4) is 0 Å². The largest absolute Gasteiger partial charge is 0.496 e. The Kier molecular flexibility index (Phi) is 6.75. The Balaban J connectivity index is 1.80. The van der Waals surface area contributed by atoms with E-state index in [-0.39, 0.29) is 17.8 Å². The normalized spacial score (nSPS) is 24.3. The van der Waals surface area contributed by atoms with Crippen LogP contribution in [-0.4, -0.2) is 24.8 Å². The molecular formula is C18H26FNO2S. The number of hydrogen-bond donors (Lipinski definition) is 1. The molecule has 0 heterocycles. The Morgan fingerprint density at radius 3 is 2.91 bits per heavy atom. The summed E-state index contributed by atoms with van der Waals surface area (Å²) < 4.78 is 18.5. The first-order valence-corrected chi connectivity index (χ1v) is 9.36. The second kappa shape index (κ2) is 8.57. The van der Waals surface area contributed by atoms with E-state index in [0.717, 1.165) is 12.0 Å². The standard InChI is InChI=1S/C18H26FNO2S/c1-12-5-4-6-16(13(12)2)20-18(21)11-23-10-14-9-15(19)7-8-17(14)22-3/h7-9,12-13,16H,4-6,10-11H2,1-3H3,(H,20,21)/t12-,13-,16-/m1/s1. The molecule has 2 rings (SSSR count). The zero-order valence-corrected chi connectivity index (χ0v) is 14.9. The molecule has 3 nitrogen and oxygen atoms in total. The second-order valence-electron chi connectivity index (χ2n) is 6.39. The fourth-order valence-corrected chi connectivity index (χ4v) is 3.96. The predicted molar refractivity (Wildman–Crippen MR) is 93.2 cm³/mol. The quantitative estimate of drug-likeness (QED) is 0.851. The molecule has 1 aliphatic carbocycles. The van der Waals surface area contributed by atoms with Crippen LogP contribution in [0.5, 0.6) is 5.75 Å². The van der Waals surface area contributed by atoms with Crippen LogP contribution in [0.15, 0.2) is 18.2 Å². The van der Waals surface area contributed by atoms with Gasteiger partial charge >= 0.3 is 0 Å². The van der Waals surface area contributed by atoms with E-state index in [1.165, 1.54) is 36.7 Å². The highest BCUT2D eigenvalue weighted by Crippen LogP contribution is 2.29. The molecule has 0 radical (unpaired) electrons. The predicted octanol–water partition coefficient (Wildman–Crippen LogP) is 4.01. The van der Waals surface area contributed by atoms with Gasteiger partial charge in [-0.3, -0.25) is 4.79 Å². The van der Waals surface area contributed by atoms with Gasteiger partial charge in [-0.05, 0) is 36.5 Å². The molecule has 3 atom stereocenters. The number of benzene rings is 1. The van der Waals surface area contributed by atoms with Crippen molar-refractivity contribution in [3.8, 4) is 5.75 Å². The zero-order valence-electron chi connectivity index (χ0n) is 14.1. The number of halogens is 1. The van der Waals surface area contributed by atoms with Crippen molar-refractivity contribution in [2.24, 2.45) is 11.8 Å². The summed E-state index contributed by atoms with van der Waals surface area (Å²) in [5.74, 6) is 2.59. The number of hydrogen-bond acceptors (Lipinski definition) is 3. The first kappa shape index (κ1) is 18.1. The molecule has 1 aromatic rings. The monoisotopic (exact) mass is 339 g/mol. The molecule has 0 aromatic heterocycles. The zero-order chi connectivity index (χ0) is 16.8. The van der Waals surface area contributed by atoms with Gasteiger partial charge in [-0.15, -0.1) is 11.8 Å². The fraction of sp³-hybridized carbons (Fsp3) is 0.611. The smallest absolute Gasteiger partial charge is 0.230 e. The average Bonchev–Trinajstić information content (AvgIpc) is 2.52. The summed E-state index contributed by atoms with van der Waals surface area (Å²) in [6.45, 7) is 4.48. The lowest BCUT2D eigenvalue weighted by Crippen LogP contribution is -2.44. The summed E-state index contributed by atoms with van der Waals surface area (Å²) in [5, 5.41) is 3.16. The third kappa shape index (κ3) is 5.13. The van der Waals surface area contributed by atoms with E-state index in [1.807, 2.05) is 0 Å². The van der Waals surface area contributed by atoms with Gasteiger partial charge in [-0.1, -0.05) is 26.7 Å². The summed E-state index contributed by atoms with van der Waals surface area (Å²) in [6.07, 6.45) is 3.51. The molecule has 1 N–H and O–H groups in total. The van der Waals surface area contributed by atoms with Gasteiger partial charge in [0.1, 0.15) is 11.6 Å². The summed E-state index contributed by atoms with van der Waals surface area (Å²) >= 11 is 1.48. The lowest BCUT2D eigenvalue weighted by atomic mass is 9.78. The number of carbonyl (C=O) groups is 1. The maximum Gasteiger partial charge on any atom is 0.230 e.